The summed E-state index contributed by atoms with van der Waals surface area (Å²) in [5.41, 5.74) is 1.40. The Morgan fingerprint density at radius 3 is 1.06 bits per heavy atom. The average molecular weight is 695 g/mol. The third kappa shape index (κ3) is 14.2. The van der Waals surface area contributed by atoms with Crippen LogP contribution in [0.25, 0.3) is 0 Å². The van der Waals surface area contributed by atoms with Crippen LogP contribution in [-0.2, 0) is 24.4 Å². The minimum Gasteiger partial charge on any atom is -0.492 e. The van der Waals surface area contributed by atoms with Crippen molar-refractivity contribution in [3.05, 3.63) is 83.4 Å². The number of carbonyl (C=O) groups is 2. The summed E-state index contributed by atoms with van der Waals surface area (Å²) in [4.78, 5) is 26.3. The van der Waals surface area contributed by atoms with Crippen molar-refractivity contribution < 1.29 is 47.5 Å². The Kier molecular flexibility index (Phi) is 16.1. The molecule has 0 unspecified atom stereocenters. The van der Waals surface area contributed by atoms with Crippen LogP contribution in [0.15, 0.2) is 66.7 Å². The van der Waals surface area contributed by atoms with E-state index in [-0.39, 0.29) is 43.5 Å². The van der Waals surface area contributed by atoms with Gasteiger partial charge in [-0.05, 0) is 77.7 Å². The van der Waals surface area contributed by atoms with Crippen LogP contribution in [0.3, 0.4) is 0 Å². The van der Waals surface area contributed by atoms with E-state index in [9.17, 15) is 9.59 Å². The molecule has 3 aromatic rings. The molecule has 0 saturated heterocycles. The quantitative estimate of drug-likeness (QED) is 0.348. The monoisotopic (exact) mass is 694 g/mol. The van der Waals surface area contributed by atoms with E-state index in [1.165, 1.54) is 0 Å². The molecule has 12 heteroatoms. The lowest BCUT2D eigenvalue weighted by atomic mass is 9.85. The highest BCUT2D eigenvalue weighted by Gasteiger charge is 2.20. The predicted octanol–water partition coefficient (Wildman–Crippen LogP) is 4.44. The number of amides is 2. The second-order valence-corrected chi connectivity index (χ2v) is 12.3. The Morgan fingerprint density at radius 2 is 0.740 bits per heavy atom. The van der Waals surface area contributed by atoms with Crippen molar-refractivity contribution in [3.8, 4) is 23.0 Å². The van der Waals surface area contributed by atoms with E-state index < -0.39 is 0 Å². The standard InChI is InChI=1S/C38H50N2O10/c1-38(2,3)31-27-29-26-30(28-31)37(42)40-13-15-48-33-6-10-35(11-7-33)50-25-23-46-21-19-44-17-16-43-18-20-45-22-24-49-34-8-4-32(5-9-34)47-14-12-39-36(29)41/h4-11,26-28H,12-25H2,1-3H3,(H,39,41)(H,40,42). The van der Waals surface area contributed by atoms with Crippen molar-refractivity contribution in [1.29, 1.82) is 0 Å². The lowest BCUT2D eigenvalue weighted by molar-refractivity contribution is -0.00699. The van der Waals surface area contributed by atoms with Gasteiger partial charge in [0.2, 0.25) is 0 Å². The van der Waals surface area contributed by atoms with Crippen molar-refractivity contribution >= 4 is 11.8 Å². The summed E-state index contributed by atoms with van der Waals surface area (Å²) in [6.07, 6.45) is 0. The molecule has 4 aliphatic rings. The molecule has 0 radical (unpaired) electrons. The van der Waals surface area contributed by atoms with Crippen LogP contribution < -0.4 is 29.6 Å². The molecule has 0 aliphatic carbocycles. The van der Waals surface area contributed by atoms with E-state index in [1.807, 2.05) is 81.4 Å². The molecule has 0 spiro atoms. The second kappa shape index (κ2) is 21.0. The highest BCUT2D eigenvalue weighted by Crippen LogP contribution is 2.25. The largest absolute Gasteiger partial charge is 0.492 e. The fraction of sp³-hybridized carbons (Fsp3) is 0.474. The van der Waals surface area contributed by atoms with Crippen LogP contribution in [-0.4, -0.2) is 104 Å². The summed E-state index contributed by atoms with van der Waals surface area (Å²) in [7, 11) is 0. The third-order valence-electron chi connectivity index (χ3n) is 7.39. The molecule has 0 aromatic heterocycles. The van der Waals surface area contributed by atoms with Crippen LogP contribution in [0, 0.1) is 0 Å². The predicted molar refractivity (Wildman–Crippen MR) is 188 cm³/mol. The Hall–Kier alpha value is -4.36. The smallest absolute Gasteiger partial charge is 0.251 e. The van der Waals surface area contributed by atoms with Gasteiger partial charge in [0.1, 0.15) is 49.4 Å². The molecular formula is C38H50N2O10. The van der Waals surface area contributed by atoms with Gasteiger partial charge in [-0.1, -0.05) is 20.8 Å². The maximum Gasteiger partial charge on any atom is 0.251 e. The van der Waals surface area contributed by atoms with Crippen molar-refractivity contribution in [1.82, 2.24) is 10.6 Å². The molecule has 6 bridgehead atoms. The van der Waals surface area contributed by atoms with Gasteiger partial charge in [-0.3, -0.25) is 9.59 Å². The van der Waals surface area contributed by atoms with Crippen molar-refractivity contribution in [2.45, 2.75) is 26.2 Å². The Morgan fingerprint density at radius 1 is 0.440 bits per heavy atom. The van der Waals surface area contributed by atoms with E-state index in [1.54, 1.807) is 6.07 Å². The zero-order valence-electron chi connectivity index (χ0n) is 29.3. The van der Waals surface area contributed by atoms with Crippen LogP contribution in [0.4, 0.5) is 0 Å². The highest BCUT2D eigenvalue weighted by atomic mass is 16.6. The van der Waals surface area contributed by atoms with E-state index in [2.05, 4.69) is 10.6 Å². The number of ether oxygens (including phenoxy) is 8. The first-order valence-electron chi connectivity index (χ1n) is 17.0. The molecule has 7 rings (SSSR count). The molecular weight excluding hydrogens is 644 g/mol. The van der Waals surface area contributed by atoms with Gasteiger partial charge in [0, 0.05) is 11.1 Å². The van der Waals surface area contributed by atoms with Gasteiger partial charge in [-0.25, -0.2) is 0 Å². The zero-order chi connectivity index (χ0) is 35.4. The van der Waals surface area contributed by atoms with Gasteiger partial charge in [-0.2, -0.15) is 0 Å². The molecule has 2 N–H and O–H groups in total. The summed E-state index contributed by atoms with van der Waals surface area (Å²) >= 11 is 0. The van der Waals surface area contributed by atoms with Gasteiger partial charge in [-0.15, -0.1) is 0 Å². The normalized spacial score (nSPS) is 17.5. The lowest BCUT2D eigenvalue weighted by Crippen LogP contribution is -2.31. The molecule has 0 fully saturated rings. The highest BCUT2D eigenvalue weighted by molar-refractivity contribution is 6.00. The number of nitrogens with one attached hydrogen (secondary N) is 2. The average Bonchev–Trinajstić information content (AvgIpc) is 3.11. The number of hydrogen-bond donors (Lipinski definition) is 2. The van der Waals surface area contributed by atoms with Crippen LogP contribution in [0.2, 0.25) is 0 Å². The van der Waals surface area contributed by atoms with Crippen molar-refractivity contribution in [2.24, 2.45) is 0 Å². The summed E-state index contributed by atoms with van der Waals surface area (Å²) in [6.45, 7) is 11.7. The third-order valence-corrected chi connectivity index (χ3v) is 7.39. The van der Waals surface area contributed by atoms with Gasteiger partial charge >= 0.3 is 0 Å². The van der Waals surface area contributed by atoms with Gasteiger partial charge in [0.15, 0.2) is 0 Å². The first-order valence-corrected chi connectivity index (χ1v) is 17.0. The molecule has 12 nitrogen and oxygen atoms in total. The molecule has 4 heterocycles. The lowest BCUT2D eigenvalue weighted by Gasteiger charge is -2.21. The molecule has 50 heavy (non-hydrogen) atoms. The van der Waals surface area contributed by atoms with E-state index in [0.717, 1.165) is 5.56 Å². The molecule has 2 amide bonds. The summed E-state index contributed by atoms with van der Waals surface area (Å²) < 4.78 is 45.2. The maximum absolute atomic E-state index is 13.1. The number of carbonyl (C=O) groups excluding carboxylic acids is 2. The Balaban J connectivity index is 1.32. The van der Waals surface area contributed by atoms with Crippen molar-refractivity contribution in [3.63, 3.8) is 0 Å². The summed E-state index contributed by atoms with van der Waals surface area (Å²) in [5, 5.41) is 5.78. The second-order valence-electron chi connectivity index (χ2n) is 12.3. The first kappa shape index (κ1) is 38.4. The molecule has 0 saturated carbocycles. The maximum atomic E-state index is 13.1. The number of rotatable bonds is 0. The SMILES string of the molecule is CC(C)(C)c1cc2cc(c1)C(=O)NCCOc1ccc(cc1)OCCOCCOCCOCCOCCOc1ccc(cc1)OCCNC2=O. The summed E-state index contributed by atoms with van der Waals surface area (Å²) in [5.74, 6) is 2.12. The molecule has 4 aliphatic heterocycles. The summed E-state index contributed by atoms with van der Waals surface area (Å²) in [6, 6.07) is 19.8. The van der Waals surface area contributed by atoms with E-state index in [0.29, 0.717) is 100 Å². The van der Waals surface area contributed by atoms with Gasteiger partial charge in [0.05, 0.1) is 65.9 Å². The zero-order valence-corrected chi connectivity index (χ0v) is 29.3. The fourth-order valence-corrected chi connectivity index (χ4v) is 4.66. The number of benzene rings is 3. The van der Waals surface area contributed by atoms with Crippen LogP contribution in [0.1, 0.15) is 47.1 Å². The fourth-order valence-electron chi connectivity index (χ4n) is 4.66. The van der Waals surface area contributed by atoms with Crippen LogP contribution in [0.5, 0.6) is 23.0 Å². The van der Waals surface area contributed by atoms with Gasteiger partial charge < -0.3 is 48.5 Å². The molecule has 0 atom stereocenters. The van der Waals surface area contributed by atoms with Gasteiger partial charge in [0.25, 0.3) is 11.8 Å². The molecule has 272 valence electrons. The Labute approximate surface area is 294 Å². The van der Waals surface area contributed by atoms with Crippen molar-refractivity contribution in [2.75, 3.05) is 92.4 Å². The number of hydrogen-bond acceptors (Lipinski definition) is 10. The Bertz CT molecular complexity index is 1340. The van der Waals surface area contributed by atoms with E-state index >= 15 is 0 Å². The van der Waals surface area contributed by atoms with Crippen LogP contribution >= 0.6 is 0 Å². The minimum absolute atomic E-state index is 0.268. The first-order chi connectivity index (χ1) is 24.3. The topological polar surface area (TPSA) is 132 Å². The minimum atomic E-state index is -0.290. The molecule has 3 aromatic carbocycles. The van der Waals surface area contributed by atoms with E-state index in [4.69, 9.17) is 37.9 Å².